The van der Waals surface area contributed by atoms with Crippen LogP contribution in [0.5, 0.6) is 0 Å². The van der Waals surface area contributed by atoms with Gasteiger partial charge in [-0.1, -0.05) is 35.9 Å². The van der Waals surface area contributed by atoms with Crippen molar-refractivity contribution >= 4 is 23.5 Å². The minimum Gasteiger partial charge on any atom is -0.455 e. The number of amides is 1. The predicted molar refractivity (Wildman–Crippen MR) is 89.1 cm³/mol. The molecule has 6 heteroatoms. The fourth-order valence-electron chi connectivity index (χ4n) is 2.11. The van der Waals surface area contributed by atoms with Crippen LogP contribution >= 0.6 is 11.6 Å². The molecule has 0 radical (unpaired) electrons. The van der Waals surface area contributed by atoms with Crippen LogP contribution in [0.4, 0.5) is 4.39 Å². The van der Waals surface area contributed by atoms with Crippen molar-refractivity contribution in [3.63, 3.8) is 0 Å². The van der Waals surface area contributed by atoms with Gasteiger partial charge in [-0.15, -0.1) is 0 Å². The van der Waals surface area contributed by atoms with E-state index >= 15 is 0 Å². The van der Waals surface area contributed by atoms with Crippen LogP contribution in [0, 0.1) is 5.82 Å². The van der Waals surface area contributed by atoms with Crippen molar-refractivity contribution in [3.8, 4) is 0 Å². The van der Waals surface area contributed by atoms with E-state index in [-0.39, 0.29) is 24.9 Å². The largest absolute Gasteiger partial charge is 0.455 e. The molecule has 0 bridgehead atoms. The molecule has 1 N–H and O–H groups in total. The van der Waals surface area contributed by atoms with Gasteiger partial charge in [-0.2, -0.15) is 0 Å². The van der Waals surface area contributed by atoms with E-state index < -0.39 is 11.9 Å². The Balaban J connectivity index is 1.78. The molecular weight excluding hydrogens is 333 g/mol. The van der Waals surface area contributed by atoms with Crippen LogP contribution in [0.1, 0.15) is 24.1 Å². The van der Waals surface area contributed by atoms with Gasteiger partial charge in [-0.3, -0.25) is 9.59 Å². The minimum atomic E-state index is -0.549. The van der Waals surface area contributed by atoms with Crippen molar-refractivity contribution in [2.45, 2.75) is 19.4 Å². The molecular formula is C18H17ClFNO3. The molecule has 0 saturated heterocycles. The average molecular weight is 350 g/mol. The first-order chi connectivity index (χ1) is 11.4. The molecule has 126 valence electrons. The zero-order valence-corrected chi connectivity index (χ0v) is 13.8. The number of carbonyl (C=O) groups excluding carboxylic acids is 2. The second kappa shape index (κ2) is 8.45. The van der Waals surface area contributed by atoms with Gasteiger partial charge in [-0.25, -0.2) is 4.39 Å². The van der Waals surface area contributed by atoms with E-state index in [2.05, 4.69) is 5.32 Å². The third kappa shape index (κ3) is 5.66. The number of halogens is 2. The first-order valence-electron chi connectivity index (χ1n) is 7.39. The lowest BCUT2D eigenvalue weighted by Gasteiger charge is -2.14. The van der Waals surface area contributed by atoms with E-state index in [1.807, 2.05) is 13.0 Å². The van der Waals surface area contributed by atoms with Gasteiger partial charge < -0.3 is 10.1 Å². The summed E-state index contributed by atoms with van der Waals surface area (Å²) in [6.45, 7) is 1.44. The number of hydrogen-bond donors (Lipinski definition) is 1. The van der Waals surface area contributed by atoms with Crippen LogP contribution in [0.2, 0.25) is 5.02 Å². The summed E-state index contributed by atoms with van der Waals surface area (Å²) in [6, 6.07) is 12.4. The van der Waals surface area contributed by atoms with Gasteiger partial charge in [0.05, 0.1) is 12.5 Å². The van der Waals surface area contributed by atoms with E-state index in [9.17, 15) is 14.0 Å². The topological polar surface area (TPSA) is 55.4 Å². The Bertz CT molecular complexity index is 718. The molecule has 0 heterocycles. The number of rotatable bonds is 6. The molecule has 0 saturated carbocycles. The molecule has 0 aromatic heterocycles. The first-order valence-corrected chi connectivity index (χ1v) is 7.77. The van der Waals surface area contributed by atoms with E-state index in [0.29, 0.717) is 10.6 Å². The summed E-state index contributed by atoms with van der Waals surface area (Å²) in [4.78, 5) is 23.5. The number of esters is 1. The Morgan fingerprint density at radius 1 is 1.21 bits per heavy atom. The van der Waals surface area contributed by atoms with E-state index in [4.69, 9.17) is 16.3 Å². The van der Waals surface area contributed by atoms with Gasteiger partial charge in [0, 0.05) is 5.02 Å². The number of ether oxygens (including phenoxy) is 1. The maximum absolute atomic E-state index is 12.8. The molecule has 2 rings (SSSR count). The monoisotopic (exact) mass is 349 g/mol. The molecule has 2 aromatic rings. The molecule has 1 amide bonds. The highest BCUT2D eigenvalue weighted by molar-refractivity contribution is 6.30. The van der Waals surface area contributed by atoms with Crippen LogP contribution in [-0.4, -0.2) is 18.5 Å². The van der Waals surface area contributed by atoms with Crippen LogP contribution in [-0.2, 0) is 20.7 Å². The highest BCUT2D eigenvalue weighted by Gasteiger charge is 2.12. The highest BCUT2D eigenvalue weighted by atomic mass is 35.5. The van der Waals surface area contributed by atoms with Crippen LogP contribution in [0.25, 0.3) is 0 Å². The van der Waals surface area contributed by atoms with E-state index in [1.165, 1.54) is 24.3 Å². The summed E-state index contributed by atoms with van der Waals surface area (Å²) in [5.74, 6) is -1.33. The lowest BCUT2D eigenvalue weighted by atomic mass is 10.1. The smallest absolute Gasteiger partial charge is 0.310 e. The molecule has 0 spiro atoms. The normalized spacial score (nSPS) is 11.6. The van der Waals surface area contributed by atoms with Gasteiger partial charge >= 0.3 is 5.97 Å². The van der Waals surface area contributed by atoms with Crippen LogP contribution in [0.3, 0.4) is 0 Å². The Kier molecular flexibility index (Phi) is 6.32. The van der Waals surface area contributed by atoms with Gasteiger partial charge in [-0.05, 0) is 42.3 Å². The van der Waals surface area contributed by atoms with Gasteiger partial charge in [0.2, 0.25) is 0 Å². The van der Waals surface area contributed by atoms with Gasteiger partial charge in [0.25, 0.3) is 5.91 Å². The molecule has 4 nitrogen and oxygen atoms in total. The number of carbonyl (C=O) groups is 2. The fourth-order valence-corrected chi connectivity index (χ4v) is 2.31. The van der Waals surface area contributed by atoms with Crippen molar-refractivity contribution in [3.05, 3.63) is 70.5 Å². The van der Waals surface area contributed by atoms with Gasteiger partial charge in [0.15, 0.2) is 6.61 Å². The van der Waals surface area contributed by atoms with Crippen molar-refractivity contribution in [1.29, 1.82) is 0 Å². The Hall–Kier alpha value is -2.40. The lowest BCUT2D eigenvalue weighted by Crippen LogP contribution is -2.31. The molecule has 24 heavy (non-hydrogen) atoms. The number of benzene rings is 2. The molecule has 1 atom stereocenters. The lowest BCUT2D eigenvalue weighted by molar-refractivity contribution is -0.148. The first kappa shape index (κ1) is 17.9. The summed E-state index contributed by atoms with van der Waals surface area (Å²) < 4.78 is 17.7. The molecule has 0 aliphatic heterocycles. The standard InChI is InChI=1S/C18H17ClFNO3/c1-12(14-3-2-4-15(19)10-14)21-17(22)11-24-18(23)9-13-5-7-16(20)8-6-13/h2-8,10,12H,9,11H2,1H3,(H,21,22)/t12-/m0/s1. The van der Waals surface area contributed by atoms with Crippen molar-refractivity contribution in [1.82, 2.24) is 5.32 Å². The summed E-state index contributed by atoms with van der Waals surface area (Å²) in [6.07, 6.45) is -0.0165. The summed E-state index contributed by atoms with van der Waals surface area (Å²) >= 11 is 5.91. The third-order valence-corrected chi connectivity index (χ3v) is 3.59. The highest BCUT2D eigenvalue weighted by Crippen LogP contribution is 2.17. The Morgan fingerprint density at radius 2 is 1.92 bits per heavy atom. The van der Waals surface area contributed by atoms with Crippen molar-refractivity contribution in [2.24, 2.45) is 0 Å². The molecule has 2 aromatic carbocycles. The van der Waals surface area contributed by atoms with E-state index in [0.717, 1.165) is 5.56 Å². The molecule has 0 aliphatic carbocycles. The molecule has 0 aliphatic rings. The Labute approximate surface area is 144 Å². The maximum Gasteiger partial charge on any atom is 0.310 e. The van der Waals surface area contributed by atoms with E-state index in [1.54, 1.807) is 18.2 Å². The van der Waals surface area contributed by atoms with Crippen LogP contribution in [0.15, 0.2) is 48.5 Å². The van der Waals surface area contributed by atoms with Crippen LogP contribution < -0.4 is 5.32 Å². The summed E-state index contributed by atoms with van der Waals surface area (Å²) in [5.41, 5.74) is 1.47. The van der Waals surface area contributed by atoms with Gasteiger partial charge in [0.1, 0.15) is 5.82 Å². The number of hydrogen-bond acceptors (Lipinski definition) is 3. The average Bonchev–Trinajstić information content (AvgIpc) is 2.55. The minimum absolute atomic E-state index is 0.0165. The number of nitrogens with one attached hydrogen (secondary N) is 1. The third-order valence-electron chi connectivity index (χ3n) is 3.35. The zero-order valence-electron chi connectivity index (χ0n) is 13.1. The second-order valence-electron chi connectivity index (χ2n) is 5.31. The zero-order chi connectivity index (χ0) is 17.5. The van der Waals surface area contributed by atoms with Crippen molar-refractivity contribution in [2.75, 3.05) is 6.61 Å². The summed E-state index contributed by atoms with van der Waals surface area (Å²) in [7, 11) is 0. The quantitative estimate of drug-likeness (QED) is 0.813. The maximum atomic E-state index is 12.8. The Morgan fingerprint density at radius 3 is 2.58 bits per heavy atom. The summed E-state index contributed by atoms with van der Waals surface area (Å²) in [5, 5.41) is 3.31. The SMILES string of the molecule is C[C@H](NC(=O)COC(=O)Cc1ccc(F)cc1)c1cccc(Cl)c1. The molecule has 0 fully saturated rings. The second-order valence-corrected chi connectivity index (χ2v) is 5.74. The fraction of sp³-hybridized carbons (Fsp3) is 0.222. The predicted octanol–water partition coefficient (Wildman–Crippen LogP) is 3.44. The van der Waals surface area contributed by atoms with Crippen molar-refractivity contribution < 1.29 is 18.7 Å². The molecule has 0 unspecified atom stereocenters.